The standard InChI is InChI=1S/C21H29N5O5S/c1-11(2)18(21(31)24-9-17(27)28)26-20(30)16(25-19(29)14(22)10-32)7-12-8-23-15-6-4-3-5-13(12)15/h3-6,8,11,14,16,18,23,32H,7,9-10,22H2,1-2H3,(H,24,31)(H,25,29)(H,26,30)(H,27,28). The summed E-state index contributed by atoms with van der Waals surface area (Å²) in [4.78, 5) is 51.8. The molecule has 174 valence electrons. The molecular weight excluding hydrogens is 434 g/mol. The number of rotatable bonds is 11. The largest absolute Gasteiger partial charge is 0.480 e. The first kappa shape index (κ1) is 25.2. The first-order chi connectivity index (χ1) is 15.1. The summed E-state index contributed by atoms with van der Waals surface area (Å²) >= 11 is 4.02. The van der Waals surface area contributed by atoms with Crippen LogP contribution in [0.15, 0.2) is 30.5 Å². The van der Waals surface area contributed by atoms with Crippen LogP contribution in [-0.4, -0.2) is 64.2 Å². The van der Waals surface area contributed by atoms with Crippen molar-refractivity contribution >= 4 is 47.2 Å². The normalized spacial score (nSPS) is 13.9. The number of hydrogen-bond acceptors (Lipinski definition) is 6. The van der Waals surface area contributed by atoms with E-state index in [1.807, 2.05) is 24.3 Å². The molecule has 7 N–H and O–H groups in total. The molecule has 0 aliphatic rings. The summed E-state index contributed by atoms with van der Waals surface area (Å²) in [6.07, 6.45) is 1.91. The van der Waals surface area contributed by atoms with Crippen molar-refractivity contribution in [3.63, 3.8) is 0 Å². The number of nitrogens with one attached hydrogen (secondary N) is 4. The van der Waals surface area contributed by atoms with Crippen LogP contribution in [0.3, 0.4) is 0 Å². The fourth-order valence-corrected chi connectivity index (χ4v) is 3.32. The minimum atomic E-state index is -1.20. The van der Waals surface area contributed by atoms with E-state index in [-0.39, 0.29) is 18.1 Å². The number of hydrogen-bond donors (Lipinski definition) is 7. The molecule has 2 aromatic rings. The number of carbonyl (C=O) groups is 4. The zero-order valence-electron chi connectivity index (χ0n) is 17.9. The van der Waals surface area contributed by atoms with Gasteiger partial charge in [0.05, 0.1) is 6.04 Å². The molecule has 0 fully saturated rings. The van der Waals surface area contributed by atoms with Crippen molar-refractivity contribution < 1.29 is 24.3 Å². The number of para-hydroxylation sites is 1. The van der Waals surface area contributed by atoms with Crippen LogP contribution in [0.1, 0.15) is 19.4 Å². The van der Waals surface area contributed by atoms with Gasteiger partial charge in [-0.2, -0.15) is 12.6 Å². The van der Waals surface area contributed by atoms with E-state index < -0.39 is 48.4 Å². The maximum atomic E-state index is 13.1. The first-order valence-electron chi connectivity index (χ1n) is 10.2. The van der Waals surface area contributed by atoms with Gasteiger partial charge in [0.25, 0.3) is 0 Å². The van der Waals surface area contributed by atoms with Gasteiger partial charge in [-0.25, -0.2) is 0 Å². The van der Waals surface area contributed by atoms with Crippen LogP contribution in [0.5, 0.6) is 0 Å². The maximum absolute atomic E-state index is 13.1. The monoisotopic (exact) mass is 463 g/mol. The van der Waals surface area contributed by atoms with Crippen LogP contribution < -0.4 is 21.7 Å². The quantitative estimate of drug-likeness (QED) is 0.228. The number of nitrogens with two attached hydrogens (primary N) is 1. The fourth-order valence-electron chi connectivity index (χ4n) is 3.15. The fraction of sp³-hybridized carbons (Fsp3) is 0.429. The number of aromatic nitrogens is 1. The Hall–Kier alpha value is -3.05. The molecule has 0 aliphatic carbocycles. The maximum Gasteiger partial charge on any atom is 0.322 e. The summed E-state index contributed by atoms with van der Waals surface area (Å²) in [7, 11) is 0. The number of H-pyrrole nitrogens is 1. The molecule has 0 spiro atoms. The Bertz CT molecular complexity index is 976. The molecule has 3 unspecified atom stereocenters. The van der Waals surface area contributed by atoms with Gasteiger partial charge in [0, 0.05) is 29.3 Å². The van der Waals surface area contributed by atoms with Crippen LogP contribution in [0.4, 0.5) is 0 Å². The lowest BCUT2D eigenvalue weighted by molar-refractivity contribution is -0.139. The van der Waals surface area contributed by atoms with Gasteiger partial charge in [-0.05, 0) is 17.5 Å². The van der Waals surface area contributed by atoms with E-state index in [0.29, 0.717) is 0 Å². The molecule has 3 atom stereocenters. The molecule has 0 saturated heterocycles. The Morgan fingerprint density at radius 1 is 1.09 bits per heavy atom. The van der Waals surface area contributed by atoms with E-state index in [4.69, 9.17) is 10.8 Å². The molecule has 0 aliphatic heterocycles. The molecule has 32 heavy (non-hydrogen) atoms. The SMILES string of the molecule is CC(C)C(NC(=O)C(Cc1c[nH]c2ccccc12)NC(=O)C(N)CS)C(=O)NCC(=O)O. The minimum Gasteiger partial charge on any atom is -0.480 e. The summed E-state index contributed by atoms with van der Waals surface area (Å²) in [6.45, 7) is 2.87. The summed E-state index contributed by atoms with van der Waals surface area (Å²) in [5, 5.41) is 17.2. The van der Waals surface area contributed by atoms with E-state index in [2.05, 4.69) is 33.6 Å². The van der Waals surface area contributed by atoms with Crippen LogP contribution >= 0.6 is 12.6 Å². The van der Waals surface area contributed by atoms with Gasteiger partial charge < -0.3 is 31.8 Å². The van der Waals surface area contributed by atoms with Crippen LogP contribution in [-0.2, 0) is 25.6 Å². The molecule has 1 heterocycles. The van der Waals surface area contributed by atoms with Crippen molar-refractivity contribution in [1.82, 2.24) is 20.9 Å². The highest BCUT2D eigenvalue weighted by Crippen LogP contribution is 2.19. The third-order valence-electron chi connectivity index (χ3n) is 4.93. The highest BCUT2D eigenvalue weighted by Gasteiger charge is 2.30. The number of carboxylic acid groups (broad SMARTS) is 1. The predicted molar refractivity (Wildman–Crippen MR) is 123 cm³/mol. The van der Waals surface area contributed by atoms with Gasteiger partial charge in [-0.3, -0.25) is 19.2 Å². The molecule has 3 amide bonds. The Morgan fingerprint density at radius 3 is 2.41 bits per heavy atom. The third-order valence-corrected chi connectivity index (χ3v) is 5.32. The van der Waals surface area contributed by atoms with Crippen molar-refractivity contribution in [2.75, 3.05) is 12.3 Å². The number of aliphatic carboxylic acids is 1. The molecule has 0 radical (unpaired) electrons. The third kappa shape index (κ3) is 6.72. The summed E-state index contributed by atoms with van der Waals surface area (Å²) in [5.41, 5.74) is 7.43. The Labute approximate surface area is 191 Å². The number of carboxylic acids is 1. The molecule has 0 saturated carbocycles. The molecule has 1 aromatic heterocycles. The Kier molecular flexibility index (Phi) is 9.09. The van der Waals surface area contributed by atoms with E-state index in [1.54, 1.807) is 20.0 Å². The molecule has 10 nitrogen and oxygen atoms in total. The number of benzene rings is 1. The van der Waals surface area contributed by atoms with Gasteiger partial charge in [-0.1, -0.05) is 32.0 Å². The Balaban J connectivity index is 2.24. The van der Waals surface area contributed by atoms with Crippen molar-refractivity contribution in [2.24, 2.45) is 11.7 Å². The highest BCUT2D eigenvalue weighted by atomic mass is 32.1. The van der Waals surface area contributed by atoms with Crippen molar-refractivity contribution in [3.8, 4) is 0 Å². The number of aromatic amines is 1. The van der Waals surface area contributed by atoms with Gasteiger partial charge in [0.15, 0.2) is 0 Å². The van der Waals surface area contributed by atoms with E-state index in [1.165, 1.54) is 0 Å². The average Bonchev–Trinajstić information content (AvgIpc) is 3.17. The summed E-state index contributed by atoms with van der Waals surface area (Å²) in [6, 6.07) is 4.63. The number of fused-ring (bicyclic) bond motifs is 1. The van der Waals surface area contributed by atoms with Crippen molar-refractivity contribution in [1.29, 1.82) is 0 Å². The van der Waals surface area contributed by atoms with E-state index in [9.17, 15) is 19.2 Å². The van der Waals surface area contributed by atoms with Gasteiger partial charge in [0.1, 0.15) is 18.6 Å². The lowest BCUT2D eigenvalue weighted by Gasteiger charge is -2.25. The topological polar surface area (TPSA) is 166 Å². The number of thiol groups is 1. The van der Waals surface area contributed by atoms with Gasteiger partial charge in [-0.15, -0.1) is 0 Å². The van der Waals surface area contributed by atoms with Gasteiger partial charge >= 0.3 is 5.97 Å². The van der Waals surface area contributed by atoms with Crippen LogP contribution in [0.2, 0.25) is 0 Å². The molecule has 2 rings (SSSR count). The Morgan fingerprint density at radius 2 is 1.78 bits per heavy atom. The summed E-state index contributed by atoms with van der Waals surface area (Å²) < 4.78 is 0. The zero-order valence-corrected chi connectivity index (χ0v) is 18.8. The van der Waals surface area contributed by atoms with E-state index in [0.717, 1.165) is 16.5 Å². The first-order valence-corrected chi connectivity index (χ1v) is 10.8. The van der Waals surface area contributed by atoms with Crippen LogP contribution in [0.25, 0.3) is 10.9 Å². The second kappa shape index (κ2) is 11.5. The number of amides is 3. The number of carbonyl (C=O) groups excluding carboxylic acids is 3. The highest BCUT2D eigenvalue weighted by molar-refractivity contribution is 7.80. The predicted octanol–water partition coefficient (Wildman–Crippen LogP) is -0.206. The molecule has 0 bridgehead atoms. The molecule has 1 aromatic carbocycles. The molecular formula is C21H29N5O5S. The summed E-state index contributed by atoms with van der Waals surface area (Å²) in [5.74, 6) is -3.18. The van der Waals surface area contributed by atoms with Crippen molar-refractivity contribution in [2.45, 2.75) is 38.4 Å². The van der Waals surface area contributed by atoms with Gasteiger partial charge in [0.2, 0.25) is 17.7 Å². The zero-order chi connectivity index (χ0) is 23.8. The van der Waals surface area contributed by atoms with Crippen molar-refractivity contribution in [3.05, 3.63) is 36.0 Å². The smallest absolute Gasteiger partial charge is 0.322 e. The lowest BCUT2D eigenvalue weighted by Crippen LogP contribution is -2.58. The second-order valence-corrected chi connectivity index (χ2v) is 8.12. The van der Waals surface area contributed by atoms with E-state index >= 15 is 0 Å². The van der Waals surface area contributed by atoms with Crippen LogP contribution in [0, 0.1) is 5.92 Å². The lowest BCUT2D eigenvalue weighted by atomic mass is 10.0. The second-order valence-electron chi connectivity index (χ2n) is 7.76. The molecule has 11 heteroatoms. The average molecular weight is 464 g/mol. The minimum absolute atomic E-state index is 0.0967.